The second-order valence-electron chi connectivity index (χ2n) is 6.29. The topological polar surface area (TPSA) is 38.4 Å². The molecule has 4 heteroatoms. The Morgan fingerprint density at radius 1 is 1.36 bits per heavy atom. The lowest BCUT2D eigenvalue weighted by atomic mass is 10.0. The van der Waals surface area contributed by atoms with Crippen molar-refractivity contribution in [3.8, 4) is 0 Å². The van der Waals surface area contributed by atoms with Crippen molar-refractivity contribution >= 4 is 5.91 Å². The van der Waals surface area contributed by atoms with Crippen molar-refractivity contribution in [2.45, 2.75) is 52.6 Å². The number of aromatic nitrogens is 1. The summed E-state index contributed by atoms with van der Waals surface area (Å²) in [5, 5.41) is 0. The number of rotatable bonds is 3. The predicted molar refractivity (Wildman–Crippen MR) is 86.1 cm³/mol. The lowest BCUT2D eigenvalue weighted by Crippen LogP contribution is -2.42. The first-order chi connectivity index (χ1) is 10.6. The Bertz CT molecular complexity index is 655. The molecule has 1 aliphatic heterocycles. The van der Waals surface area contributed by atoms with E-state index < -0.39 is 0 Å². The van der Waals surface area contributed by atoms with E-state index in [-0.39, 0.29) is 5.91 Å². The molecule has 118 valence electrons. The molecule has 1 fully saturated rings. The van der Waals surface area contributed by atoms with E-state index in [2.05, 4.69) is 11.5 Å². The molecule has 22 heavy (non-hydrogen) atoms. The molecule has 1 atom stereocenters. The molecule has 2 aromatic rings. The average Bonchev–Trinajstić information content (AvgIpc) is 3.11. The van der Waals surface area contributed by atoms with Gasteiger partial charge >= 0.3 is 0 Å². The highest BCUT2D eigenvalue weighted by molar-refractivity contribution is 5.96. The summed E-state index contributed by atoms with van der Waals surface area (Å²) in [6.07, 6.45) is 5.13. The molecule has 0 N–H and O–H groups in total. The zero-order valence-electron chi connectivity index (χ0n) is 13.6. The summed E-state index contributed by atoms with van der Waals surface area (Å²) in [4.78, 5) is 14.9. The maximum Gasteiger partial charge on any atom is 0.255 e. The second-order valence-corrected chi connectivity index (χ2v) is 6.29. The van der Waals surface area contributed by atoms with Gasteiger partial charge < -0.3 is 13.9 Å². The predicted octanol–water partition coefficient (Wildman–Crippen LogP) is 3.76. The van der Waals surface area contributed by atoms with Crippen molar-refractivity contribution in [2.24, 2.45) is 0 Å². The van der Waals surface area contributed by atoms with Gasteiger partial charge in [-0.15, -0.1) is 0 Å². The third-order valence-corrected chi connectivity index (χ3v) is 4.76. The number of carbonyl (C=O) groups excluding carboxylic acids is 1. The average molecular weight is 300 g/mol. The molecule has 0 saturated carbocycles. The maximum atomic E-state index is 12.9. The Kier molecular flexibility index (Phi) is 4.10. The molecule has 2 aromatic heterocycles. The summed E-state index contributed by atoms with van der Waals surface area (Å²) < 4.78 is 7.59. The van der Waals surface area contributed by atoms with Crippen LogP contribution in [-0.4, -0.2) is 28.0 Å². The summed E-state index contributed by atoms with van der Waals surface area (Å²) >= 11 is 0. The van der Waals surface area contributed by atoms with Gasteiger partial charge in [-0.2, -0.15) is 0 Å². The van der Waals surface area contributed by atoms with Crippen LogP contribution in [0.15, 0.2) is 28.9 Å². The SMILES string of the molecule is Cc1cc(C(=O)N2CCCCC2C)c(C)n1Cc1ccco1. The van der Waals surface area contributed by atoms with Crippen molar-refractivity contribution in [1.29, 1.82) is 0 Å². The second kappa shape index (κ2) is 6.03. The van der Waals surface area contributed by atoms with E-state index in [9.17, 15) is 4.79 Å². The molecule has 1 saturated heterocycles. The van der Waals surface area contributed by atoms with Gasteiger partial charge in [0.25, 0.3) is 5.91 Å². The van der Waals surface area contributed by atoms with Crippen molar-refractivity contribution in [3.05, 3.63) is 47.2 Å². The summed E-state index contributed by atoms with van der Waals surface area (Å²) in [6.45, 7) is 7.78. The third-order valence-electron chi connectivity index (χ3n) is 4.76. The molecule has 3 heterocycles. The van der Waals surface area contributed by atoms with Crippen molar-refractivity contribution in [2.75, 3.05) is 6.54 Å². The van der Waals surface area contributed by atoms with Crippen LogP contribution in [-0.2, 0) is 6.54 Å². The number of piperidine rings is 1. The minimum atomic E-state index is 0.172. The first-order valence-corrected chi connectivity index (χ1v) is 8.08. The third kappa shape index (κ3) is 2.70. The summed E-state index contributed by atoms with van der Waals surface area (Å²) in [5.41, 5.74) is 2.95. The van der Waals surface area contributed by atoms with E-state index in [1.807, 2.05) is 36.9 Å². The monoisotopic (exact) mass is 300 g/mol. The lowest BCUT2D eigenvalue weighted by Gasteiger charge is -2.33. The lowest BCUT2D eigenvalue weighted by molar-refractivity contribution is 0.0634. The van der Waals surface area contributed by atoms with Crippen molar-refractivity contribution in [1.82, 2.24) is 9.47 Å². The van der Waals surface area contributed by atoms with E-state index in [4.69, 9.17) is 4.42 Å². The van der Waals surface area contributed by atoms with Gasteiger partial charge in [0.05, 0.1) is 18.4 Å². The van der Waals surface area contributed by atoms with Crippen LogP contribution < -0.4 is 0 Å². The van der Waals surface area contributed by atoms with Crippen molar-refractivity contribution < 1.29 is 9.21 Å². The molecule has 0 aliphatic carbocycles. The van der Waals surface area contributed by atoms with Crippen LogP contribution in [0.25, 0.3) is 0 Å². The molecule has 0 bridgehead atoms. The van der Waals surface area contributed by atoms with Gasteiger partial charge in [0.15, 0.2) is 0 Å². The van der Waals surface area contributed by atoms with Crippen LogP contribution in [0.5, 0.6) is 0 Å². The smallest absolute Gasteiger partial charge is 0.255 e. The number of carbonyl (C=O) groups is 1. The van der Waals surface area contributed by atoms with Crippen LogP contribution in [0, 0.1) is 13.8 Å². The summed E-state index contributed by atoms with van der Waals surface area (Å²) in [5.74, 6) is 1.08. The summed E-state index contributed by atoms with van der Waals surface area (Å²) in [6, 6.07) is 6.22. The molecule has 0 aromatic carbocycles. The zero-order chi connectivity index (χ0) is 15.7. The quantitative estimate of drug-likeness (QED) is 0.865. The van der Waals surface area contributed by atoms with E-state index >= 15 is 0 Å². The van der Waals surface area contributed by atoms with Gasteiger partial charge in [-0.1, -0.05) is 0 Å². The zero-order valence-corrected chi connectivity index (χ0v) is 13.6. The van der Waals surface area contributed by atoms with E-state index in [1.54, 1.807) is 6.26 Å². The first kappa shape index (κ1) is 14.9. The fourth-order valence-electron chi connectivity index (χ4n) is 3.37. The first-order valence-electron chi connectivity index (χ1n) is 8.08. The van der Waals surface area contributed by atoms with Crippen LogP contribution in [0.1, 0.15) is 53.7 Å². The highest BCUT2D eigenvalue weighted by Crippen LogP contribution is 2.23. The molecular formula is C18H24N2O2. The minimum Gasteiger partial charge on any atom is -0.467 e. The Hall–Kier alpha value is -1.97. The number of likely N-dealkylation sites (tertiary alicyclic amines) is 1. The molecule has 0 spiro atoms. The van der Waals surface area contributed by atoms with Gasteiger partial charge in [0.1, 0.15) is 5.76 Å². The van der Waals surface area contributed by atoms with Crippen LogP contribution in [0.2, 0.25) is 0 Å². The standard InChI is InChI=1S/C18H24N2O2/c1-13-7-4-5-9-19(13)18(21)17-11-14(2)20(15(17)3)12-16-8-6-10-22-16/h6,8,10-11,13H,4-5,7,9,12H2,1-3H3. The normalized spacial score (nSPS) is 18.7. The molecule has 1 aliphatic rings. The van der Waals surface area contributed by atoms with E-state index in [1.165, 1.54) is 6.42 Å². The van der Waals surface area contributed by atoms with Gasteiger partial charge in [-0.25, -0.2) is 0 Å². The van der Waals surface area contributed by atoms with E-state index in [0.717, 1.165) is 42.1 Å². The van der Waals surface area contributed by atoms with E-state index in [0.29, 0.717) is 12.6 Å². The highest BCUT2D eigenvalue weighted by Gasteiger charge is 2.27. The van der Waals surface area contributed by atoms with Crippen LogP contribution >= 0.6 is 0 Å². The number of hydrogen-bond acceptors (Lipinski definition) is 2. The number of aryl methyl sites for hydroxylation is 1. The van der Waals surface area contributed by atoms with Gasteiger partial charge in [0, 0.05) is 24.0 Å². The Morgan fingerprint density at radius 2 is 2.18 bits per heavy atom. The van der Waals surface area contributed by atoms with Gasteiger partial charge in [-0.05, 0) is 58.2 Å². The molecule has 4 nitrogen and oxygen atoms in total. The van der Waals surface area contributed by atoms with Crippen LogP contribution in [0.4, 0.5) is 0 Å². The highest BCUT2D eigenvalue weighted by atomic mass is 16.3. The van der Waals surface area contributed by atoms with Crippen LogP contribution in [0.3, 0.4) is 0 Å². The Morgan fingerprint density at radius 3 is 2.86 bits per heavy atom. The van der Waals surface area contributed by atoms with Crippen molar-refractivity contribution in [3.63, 3.8) is 0 Å². The van der Waals surface area contributed by atoms with Gasteiger partial charge in [-0.3, -0.25) is 4.79 Å². The maximum absolute atomic E-state index is 12.9. The molecule has 1 unspecified atom stereocenters. The summed E-state index contributed by atoms with van der Waals surface area (Å²) in [7, 11) is 0. The molecule has 1 amide bonds. The minimum absolute atomic E-state index is 0.172. The molecule has 0 radical (unpaired) electrons. The number of hydrogen-bond donors (Lipinski definition) is 0. The Balaban J connectivity index is 1.86. The number of nitrogens with zero attached hydrogens (tertiary/aromatic N) is 2. The molecular weight excluding hydrogens is 276 g/mol. The largest absolute Gasteiger partial charge is 0.467 e. The number of furan rings is 1. The number of amides is 1. The fourth-order valence-corrected chi connectivity index (χ4v) is 3.37. The molecule has 3 rings (SSSR count). The fraction of sp³-hybridized carbons (Fsp3) is 0.500. The Labute approximate surface area is 131 Å². The van der Waals surface area contributed by atoms with Gasteiger partial charge in [0.2, 0.25) is 0 Å².